The van der Waals surface area contributed by atoms with E-state index >= 15 is 0 Å². The van der Waals surface area contributed by atoms with Crippen LogP contribution < -0.4 is 0 Å². The van der Waals surface area contributed by atoms with Gasteiger partial charge in [-0.15, -0.1) is 0 Å². The quantitative estimate of drug-likeness (QED) is 0.810. The van der Waals surface area contributed by atoms with Crippen molar-refractivity contribution in [3.8, 4) is 0 Å². The van der Waals surface area contributed by atoms with Crippen LogP contribution in [0.5, 0.6) is 0 Å². The van der Waals surface area contributed by atoms with Gasteiger partial charge in [0.25, 0.3) is 0 Å². The molecule has 0 radical (unpaired) electrons. The molecule has 1 N–H and O–H groups in total. The largest absolute Gasteiger partial charge is 0.480 e. The molecule has 1 atom stereocenters. The predicted octanol–water partition coefficient (Wildman–Crippen LogP) is 1.12. The van der Waals surface area contributed by atoms with Gasteiger partial charge in [0, 0.05) is 13.0 Å². The molecule has 3 rings (SSSR count). The SMILES string of the molecule is O=C(O)[C@@H]1COCCN1C(=O)CC(C1CC1)C1CC1. The number of carbonyl (C=O) groups is 2. The highest BCUT2D eigenvalue weighted by Crippen LogP contribution is 2.50. The summed E-state index contributed by atoms with van der Waals surface area (Å²) in [5.74, 6) is 1.01. The molecule has 1 amide bonds. The predicted molar refractivity (Wildman–Crippen MR) is 67.5 cm³/mol. The second-order valence-electron chi connectivity index (χ2n) is 6.06. The molecule has 0 aromatic carbocycles. The summed E-state index contributed by atoms with van der Waals surface area (Å²) in [6, 6.07) is -0.791. The van der Waals surface area contributed by atoms with E-state index in [-0.39, 0.29) is 12.5 Å². The van der Waals surface area contributed by atoms with Gasteiger partial charge in [-0.3, -0.25) is 4.79 Å². The van der Waals surface area contributed by atoms with Crippen molar-refractivity contribution in [3.63, 3.8) is 0 Å². The van der Waals surface area contributed by atoms with Gasteiger partial charge in [-0.1, -0.05) is 0 Å². The van der Waals surface area contributed by atoms with E-state index in [0.29, 0.717) is 25.5 Å². The first-order chi connectivity index (χ1) is 9.16. The molecule has 1 saturated heterocycles. The third-order valence-corrected chi connectivity index (χ3v) is 4.60. The minimum absolute atomic E-state index is 0.0134. The van der Waals surface area contributed by atoms with E-state index in [4.69, 9.17) is 9.84 Å². The minimum atomic E-state index is -0.956. The average Bonchev–Trinajstić information content (AvgIpc) is 3.29. The monoisotopic (exact) mass is 267 g/mol. The molecule has 0 aromatic rings. The first-order valence-electron chi connectivity index (χ1n) is 7.27. The standard InChI is InChI=1S/C14H21NO4/c16-13(7-11(9-1-2-9)10-3-4-10)15-5-6-19-8-12(15)14(17)18/h9-12H,1-8H2,(H,17,18)/t12-/m0/s1. The third-order valence-electron chi connectivity index (χ3n) is 4.60. The molecule has 0 spiro atoms. The summed E-state index contributed by atoms with van der Waals surface area (Å²) in [4.78, 5) is 25.1. The molecule has 0 bridgehead atoms. The van der Waals surface area contributed by atoms with Gasteiger partial charge in [0.2, 0.25) is 5.91 Å². The molecular formula is C14H21NO4. The van der Waals surface area contributed by atoms with Gasteiger partial charge in [-0.2, -0.15) is 0 Å². The summed E-state index contributed by atoms with van der Waals surface area (Å²) in [5.41, 5.74) is 0. The maximum absolute atomic E-state index is 12.4. The molecular weight excluding hydrogens is 246 g/mol. The fourth-order valence-corrected chi connectivity index (χ4v) is 3.19. The number of morpholine rings is 1. The van der Waals surface area contributed by atoms with Crippen molar-refractivity contribution >= 4 is 11.9 Å². The van der Waals surface area contributed by atoms with E-state index in [0.717, 1.165) is 11.8 Å². The summed E-state index contributed by atoms with van der Waals surface area (Å²) in [7, 11) is 0. The Balaban J connectivity index is 1.62. The van der Waals surface area contributed by atoms with Crippen LogP contribution in [0.3, 0.4) is 0 Å². The maximum atomic E-state index is 12.4. The van der Waals surface area contributed by atoms with E-state index in [2.05, 4.69) is 0 Å². The van der Waals surface area contributed by atoms with E-state index in [1.54, 1.807) is 0 Å². The second kappa shape index (κ2) is 5.12. The minimum Gasteiger partial charge on any atom is -0.480 e. The molecule has 106 valence electrons. The Hall–Kier alpha value is -1.10. The van der Waals surface area contributed by atoms with Gasteiger partial charge in [-0.25, -0.2) is 4.79 Å². The lowest BCUT2D eigenvalue weighted by molar-refractivity contribution is -0.158. The Bertz CT molecular complexity index is 364. The number of aliphatic carboxylic acids is 1. The first kappa shape index (κ1) is 12.9. The molecule has 2 aliphatic carbocycles. The van der Waals surface area contributed by atoms with Crippen molar-refractivity contribution in [2.24, 2.45) is 17.8 Å². The number of carboxylic acids is 1. The zero-order valence-electron chi connectivity index (χ0n) is 11.1. The Morgan fingerprint density at radius 3 is 2.37 bits per heavy atom. The number of nitrogens with zero attached hydrogens (tertiary/aromatic N) is 1. The lowest BCUT2D eigenvalue weighted by Gasteiger charge is -2.34. The molecule has 5 heteroatoms. The Morgan fingerprint density at radius 2 is 1.84 bits per heavy atom. The zero-order chi connectivity index (χ0) is 13.4. The smallest absolute Gasteiger partial charge is 0.328 e. The van der Waals surface area contributed by atoms with Crippen LogP contribution in [-0.4, -0.2) is 47.7 Å². The molecule has 0 unspecified atom stereocenters. The third kappa shape index (κ3) is 2.91. The number of rotatable bonds is 5. The van der Waals surface area contributed by atoms with Gasteiger partial charge < -0.3 is 14.7 Å². The number of hydrogen-bond donors (Lipinski definition) is 1. The fourth-order valence-electron chi connectivity index (χ4n) is 3.19. The summed E-state index contributed by atoms with van der Waals surface area (Å²) < 4.78 is 5.17. The van der Waals surface area contributed by atoms with Crippen molar-refractivity contribution < 1.29 is 19.4 Å². The number of ether oxygens (including phenoxy) is 1. The van der Waals surface area contributed by atoms with Gasteiger partial charge in [0.05, 0.1) is 13.2 Å². The van der Waals surface area contributed by atoms with E-state index in [1.807, 2.05) is 0 Å². The maximum Gasteiger partial charge on any atom is 0.328 e. The van der Waals surface area contributed by atoms with Crippen LogP contribution in [0.25, 0.3) is 0 Å². The molecule has 5 nitrogen and oxygen atoms in total. The zero-order valence-corrected chi connectivity index (χ0v) is 11.1. The Morgan fingerprint density at radius 1 is 1.21 bits per heavy atom. The number of carboxylic acid groups (broad SMARTS) is 1. The van der Waals surface area contributed by atoms with Gasteiger partial charge >= 0.3 is 5.97 Å². The fraction of sp³-hybridized carbons (Fsp3) is 0.857. The van der Waals surface area contributed by atoms with E-state index < -0.39 is 12.0 Å². The van der Waals surface area contributed by atoms with Crippen molar-refractivity contribution in [2.45, 2.75) is 38.1 Å². The van der Waals surface area contributed by atoms with Crippen molar-refractivity contribution in [1.29, 1.82) is 0 Å². The average molecular weight is 267 g/mol. The molecule has 1 aliphatic heterocycles. The molecule has 2 saturated carbocycles. The van der Waals surface area contributed by atoms with Crippen LogP contribution in [0.1, 0.15) is 32.1 Å². The van der Waals surface area contributed by atoms with Gasteiger partial charge in [-0.05, 0) is 43.4 Å². The number of carbonyl (C=O) groups excluding carboxylic acids is 1. The molecule has 3 aliphatic rings. The molecule has 1 heterocycles. The number of amides is 1. The van der Waals surface area contributed by atoms with Crippen LogP contribution in [0.4, 0.5) is 0 Å². The normalized spacial score (nSPS) is 27.6. The summed E-state index contributed by atoms with van der Waals surface area (Å²) >= 11 is 0. The first-order valence-corrected chi connectivity index (χ1v) is 7.27. The molecule has 19 heavy (non-hydrogen) atoms. The van der Waals surface area contributed by atoms with Gasteiger partial charge in [0.15, 0.2) is 6.04 Å². The van der Waals surface area contributed by atoms with E-state index in [9.17, 15) is 9.59 Å². The van der Waals surface area contributed by atoms with Crippen LogP contribution in [0.2, 0.25) is 0 Å². The van der Waals surface area contributed by atoms with Crippen molar-refractivity contribution in [2.75, 3.05) is 19.8 Å². The summed E-state index contributed by atoms with van der Waals surface area (Å²) in [6.07, 6.45) is 5.54. The van der Waals surface area contributed by atoms with Crippen LogP contribution in [0, 0.1) is 17.8 Å². The number of hydrogen-bond acceptors (Lipinski definition) is 3. The van der Waals surface area contributed by atoms with E-state index in [1.165, 1.54) is 30.6 Å². The Labute approximate surface area is 112 Å². The second-order valence-corrected chi connectivity index (χ2v) is 6.06. The van der Waals surface area contributed by atoms with Crippen molar-refractivity contribution in [1.82, 2.24) is 4.90 Å². The summed E-state index contributed by atoms with van der Waals surface area (Å²) in [6.45, 7) is 0.990. The lowest BCUT2D eigenvalue weighted by Crippen LogP contribution is -2.53. The van der Waals surface area contributed by atoms with Crippen molar-refractivity contribution in [3.05, 3.63) is 0 Å². The molecule has 3 fully saturated rings. The highest BCUT2D eigenvalue weighted by molar-refractivity contribution is 5.84. The van der Waals surface area contributed by atoms with Gasteiger partial charge in [0.1, 0.15) is 0 Å². The highest BCUT2D eigenvalue weighted by atomic mass is 16.5. The Kier molecular flexibility index (Phi) is 3.48. The topological polar surface area (TPSA) is 66.8 Å². The summed E-state index contributed by atoms with van der Waals surface area (Å²) in [5, 5.41) is 9.16. The highest BCUT2D eigenvalue weighted by Gasteiger charge is 2.43. The molecule has 0 aromatic heterocycles. The van der Waals surface area contributed by atoms with Crippen LogP contribution >= 0.6 is 0 Å². The lowest BCUT2D eigenvalue weighted by atomic mass is 9.93. The van der Waals surface area contributed by atoms with Crippen LogP contribution in [-0.2, 0) is 14.3 Å². The van der Waals surface area contributed by atoms with Crippen LogP contribution in [0.15, 0.2) is 0 Å².